The van der Waals surface area contributed by atoms with Crippen LogP contribution in [-0.2, 0) is 6.54 Å². The molecular formula is C10H19N3O. The molecule has 1 rings (SSSR count). The Balaban J connectivity index is 2.19. The van der Waals surface area contributed by atoms with Crippen LogP contribution < -0.4 is 5.32 Å². The molecular weight excluding hydrogens is 178 g/mol. The minimum absolute atomic E-state index is 0.248. The van der Waals surface area contributed by atoms with E-state index < -0.39 is 0 Å². The van der Waals surface area contributed by atoms with Crippen molar-refractivity contribution in [2.45, 2.75) is 32.9 Å². The molecule has 1 heterocycles. The minimum Gasteiger partial charge on any atom is -0.396 e. The van der Waals surface area contributed by atoms with Crippen molar-refractivity contribution in [1.29, 1.82) is 0 Å². The standard InChI is InChI=1S/C10H19N3O/c1-9(3-8-14)11-4-6-13-7-5-12-10(13)2/h5,7,9,11,14H,3-4,6,8H2,1-2H3. The molecule has 0 aliphatic rings. The number of hydrogen-bond donors (Lipinski definition) is 2. The van der Waals surface area contributed by atoms with Crippen molar-refractivity contribution in [1.82, 2.24) is 14.9 Å². The molecule has 1 aromatic rings. The van der Waals surface area contributed by atoms with Gasteiger partial charge in [0, 0.05) is 38.1 Å². The Hall–Kier alpha value is -0.870. The number of imidazole rings is 1. The molecule has 4 nitrogen and oxygen atoms in total. The average Bonchev–Trinajstić information content (AvgIpc) is 2.52. The summed E-state index contributed by atoms with van der Waals surface area (Å²) in [5.41, 5.74) is 0. The van der Waals surface area contributed by atoms with Crippen molar-refractivity contribution in [2.24, 2.45) is 0 Å². The van der Waals surface area contributed by atoms with Gasteiger partial charge in [0.2, 0.25) is 0 Å². The number of nitrogens with zero attached hydrogens (tertiary/aromatic N) is 2. The predicted octanol–water partition coefficient (Wildman–Crippen LogP) is 0.552. The number of rotatable bonds is 6. The molecule has 14 heavy (non-hydrogen) atoms. The summed E-state index contributed by atoms with van der Waals surface area (Å²) in [6.45, 7) is 6.17. The molecule has 0 aliphatic heterocycles. The zero-order valence-electron chi connectivity index (χ0n) is 8.90. The van der Waals surface area contributed by atoms with Gasteiger partial charge in [0.05, 0.1) is 0 Å². The normalized spacial score (nSPS) is 13.1. The molecule has 1 unspecified atom stereocenters. The predicted molar refractivity (Wildman–Crippen MR) is 56.1 cm³/mol. The van der Waals surface area contributed by atoms with E-state index in [1.165, 1.54) is 0 Å². The minimum atomic E-state index is 0.248. The van der Waals surface area contributed by atoms with Crippen LogP contribution in [0, 0.1) is 6.92 Å². The number of aliphatic hydroxyl groups excluding tert-OH is 1. The molecule has 80 valence electrons. The van der Waals surface area contributed by atoms with Gasteiger partial charge in [-0.15, -0.1) is 0 Å². The summed E-state index contributed by atoms with van der Waals surface area (Å²) >= 11 is 0. The molecule has 0 spiro atoms. The fraction of sp³-hybridized carbons (Fsp3) is 0.700. The molecule has 0 radical (unpaired) electrons. The lowest BCUT2D eigenvalue weighted by atomic mass is 10.2. The third-order valence-corrected chi connectivity index (χ3v) is 2.33. The van der Waals surface area contributed by atoms with Gasteiger partial charge in [-0.25, -0.2) is 4.98 Å². The van der Waals surface area contributed by atoms with Gasteiger partial charge in [0.1, 0.15) is 5.82 Å². The molecule has 0 bridgehead atoms. The summed E-state index contributed by atoms with van der Waals surface area (Å²) in [4.78, 5) is 4.15. The molecule has 0 aromatic carbocycles. The monoisotopic (exact) mass is 197 g/mol. The van der Waals surface area contributed by atoms with Gasteiger partial charge in [-0.05, 0) is 20.3 Å². The Labute approximate surface area is 85.0 Å². The third kappa shape index (κ3) is 3.47. The second-order valence-corrected chi connectivity index (χ2v) is 3.54. The van der Waals surface area contributed by atoms with Crippen LogP contribution in [0.2, 0.25) is 0 Å². The fourth-order valence-corrected chi connectivity index (χ4v) is 1.37. The number of aryl methyl sites for hydroxylation is 1. The van der Waals surface area contributed by atoms with E-state index in [0.29, 0.717) is 6.04 Å². The average molecular weight is 197 g/mol. The van der Waals surface area contributed by atoms with Crippen LogP contribution in [-0.4, -0.2) is 33.9 Å². The van der Waals surface area contributed by atoms with E-state index in [-0.39, 0.29) is 6.61 Å². The molecule has 0 amide bonds. The van der Waals surface area contributed by atoms with E-state index >= 15 is 0 Å². The van der Waals surface area contributed by atoms with E-state index in [9.17, 15) is 0 Å². The molecule has 1 atom stereocenters. The zero-order chi connectivity index (χ0) is 10.4. The maximum absolute atomic E-state index is 8.71. The van der Waals surface area contributed by atoms with E-state index in [1.54, 1.807) is 0 Å². The lowest BCUT2D eigenvalue weighted by Gasteiger charge is -2.12. The van der Waals surface area contributed by atoms with Gasteiger partial charge in [-0.2, -0.15) is 0 Å². The van der Waals surface area contributed by atoms with Crippen LogP contribution in [0.3, 0.4) is 0 Å². The van der Waals surface area contributed by atoms with Crippen LogP contribution in [0.1, 0.15) is 19.2 Å². The van der Waals surface area contributed by atoms with Crippen molar-refractivity contribution < 1.29 is 5.11 Å². The Kier molecular flexibility index (Phi) is 4.62. The summed E-state index contributed by atoms with van der Waals surface area (Å²) < 4.78 is 2.11. The number of aliphatic hydroxyl groups is 1. The van der Waals surface area contributed by atoms with Gasteiger partial charge < -0.3 is 15.0 Å². The first-order valence-corrected chi connectivity index (χ1v) is 5.06. The summed E-state index contributed by atoms with van der Waals surface area (Å²) in [5, 5.41) is 12.0. The quantitative estimate of drug-likeness (QED) is 0.700. The van der Waals surface area contributed by atoms with Crippen molar-refractivity contribution in [3.8, 4) is 0 Å². The van der Waals surface area contributed by atoms with E-state index in [1.807, 2.05) is 19.3 Å². The number of nitrogens with one attached hydrogen (secondary N) is 1. The Morgan fingerprint density at radius 1 is 1.64 bits per heavy atom. The summed E-state index contributed by atoms with van der Waals surface area (Å²) in [5.74, 6) is 1.04. The fourth-order valence-electron chi connectivity index (χ4n) is 1.37. The SMILES string of the molecule is Cc1nccn1CCNC(C)CCO. The second kappa shape index (κ2) is 5.78. The summed E-state index contributed by atoms with van der Waals surface area (Å²) in [6, 6.07) is 0.379. The van der Waals surface area contributed by atoms with E-state index in [4.69, 9.17) is 5.11 Å². The maximum atomic E-state index is 8.71. The van der Waals surface area contributed by atoms with Gasteiger partial charge in [-0.3, -0.25) is 0 Å². The first-order valence-electron chi connectivity index (χ1n) is 5.06. The Morgan fingerprint density at radius 2 is 2.43 bits per heavy atom. The van der Waals surface area contributed by atoms with Gasteiger partial charge in [-0.1, -0.05) is 0 Å². The largest absolute Gasteiger partial charge is 0.396 e. The lowest BCUT2D eigenvalue weighted by Crippen LogP contribution is -2.30. The molecule has 0 saturated carbocycles. The van der Waals surface area contributed by atoms with Gasteiger partial charge >= 0.3 is 0 Å². The molecule has 0 aliphatic carbocycles. The van der Waals surface area contributed by atoms with Crippen molar-refractivity contribution in [2.75, 3.05) is 13.2 Å². The van der Waals surface area contributed by atoms with Gasteiger partial charge in [0.25, 0.3) is 0 Å². The second-order valence-electron chi connectivity index (χ2n) is 3.54. The zero-order valence-corrected chi connectivity index (χ0v) is 8.90. The number of aromatic nitrogens is 2. The highest BCUT2D eigenvalue weighted by Crippen LogP contribution is 1.94. The molecule has 2 N–H and O–H groups in total. The first-order chi connectivity index (χ1) is 6.74. The highest BCUT2D eigenvalue weighted by molar-refractivity contribution is 4.88. The molecule has 0 saturated heterocycles. The van der Waals surface area contributed by atoms with Crippen LogP contribution in [0.25, 0.3) is 0 Å². The van der Waals surface area contributed by atoms with Crippen molar-refractivity contribution in [3.63, 3.8) is 0 Å². The maximum Gasteiger partial charge on any atom is 0.105 e. The van der Waals surface area contributed by atoms with E-state index in [2.05, 4.69) is 21.8 Å². The van der Waals surface area contributed by atoms with E-state index in [0.717, 1.165) is 25.3 Å². The first kappa shape index (κ1) is 11.2. The summed E-state index contributed by atoms with van der Waals surface area (Å²) in [7, 11) is 0. The molecule has 4 heteroatoms. The molecule has 0 fully saturated rings. The molecule has 1 aromatic heterocycles. The highest BCUT2D eigenvalue weighted by atomic mass is 16.3. The summed E-state index contributed by atoms with van der Waals surface area (Å²) in [6.07, 6.45) is 4.60. The number of hydrogen-bond acceptors (Lipinski definition) is 3. The lowest BCUT2D eigenvalue weighted by molar-refractivity contribution is 0.268. The van der Waals surface area contributed by atoms with Crippen molar-refractivity contribution >= 4 is 0 Å². The smallest absolute Gasteiger partial charge is 0.105 e. The van der Waals surface area contributed by atoms with Crippen LogP contribution in [0.5, 0.6) is 0 Å². The van der Waals surface area contributed by atoms with Crippen LogP contribution in [0.4, 0.5) is 0 Å². The van der Waals surface area contributed by atoms with Gasteiger partial charge in [0.15, 0.2) is 0 Å². The third-order valence-electron chi connectivity index (χ3n) is 2.33. The van der Waals surface area contributed by atoms with Crippen LogP contribution in [0.15, 0.2) is 12.4 Å². The Bertz CT molecular complexity index is 260. The van der Waals surface area contributed by atoms with Crippen LogP contribution >= 0.6 is 0 Å². The highest BCUT2D eigenvalue weighted by Gasteiger charge is 2.00. The Morgan fingerprint density at radius 3 is 3.00 bits per heavy atom. The topological polar surface area (TPSA) is 50.1 Å². The van der Waals surface area contributed by atoms with Crippen molar-refractivity contribution in [3.05, 3.63) is 18.2 Å².